The second kappa shape index (κ2) is 9.27. The predicted octanol–water partition coefficient (Wildman–Crippen LogP) is 3.16. The van der Waals surface area contributed by atoms with Crippen molar-refractivity contribution in [3.05, 3.63) is 70.5 Å². The summed E-state index contributed by atoms with van der Waals surface area (Å²) < 4.78 is 45.7. The van der Waals surface area contributed by atoms with E-state index in [-0.39, 0.29) is 24.1 Å². The average molecular weight is 460 g/mol. The van der Waals surface area contributed by atoms with Crippen LogP contribution in [0.25, 0.3) is 5.57 Å². The van der Waals surface area contributed by atoms with Crippen molar-refractivity contribution >= 4 is 17.4 Å². The minimum absolute atomic E-state index is 0.0325. The fraction of sp³-hybridized carbons (Fsp3) is 0.333. The molecule has 0 radical (unpaired) electrons. The Morgan fingerprint density at radius 1 is 1.09 bits per heavy atom. The van der Waals surface area contributed by atoms with Gasteiger partial charge >= 0.3 is 5.97 Å². The van der Waals surface area contributed by atoms with Crippen LogP contribution in [-0.2, 0) is 16.0 Å². The van der Waals surface area contributed by atoms with Gasteiger partial charge in [0.15, 0.2) is 17.4 Å². The number of hydrogen-bond acceptors (Lipinski definition) is 4. The minimum Gasteiger partial charge on any atom is -0.487 e. The van der Waals surface area contributed by atoms with Gasteiger partial charge in [0.05, 0.1) is 18.2 Å². The summed E-state index contributed by atoms with van der Waals surface area (Å²) in [7, 11) is 0. The number of carbonyl (C=O) groups excluding carboxylic acids is 1. The summed E-state index contributed by atoms with van der Waals surface area (Å²) in [5.41, 5.74) is 2.56. The molecule has 2 aromatic carbocycles. The van der Waals surface area contributed by atoms with Crippen molar-refractivity contribution < 1.29 is 32.6 Å². The van der Waals surface area contributed by atoms with Crippen molar-refractivity contribution in [3.63, 3.8) is 0 Å². The number of carbonyl (C=O) groups is 2. The van der Waals surface area contributed by atoms with E-state index in [0.717, 1.165) is 22.8 Å². The lowest BCUT2D eigenvalue weighted by Gasteiger charge is -2.43. The van der Waals surface area contributed by atoms with E-state index in [9.17, 15) is 27.9 Å². The molecule has 2 unspecified atom stereocenters. The molecule has 174 valence electrons. The van der Waals surface area contributed by atoms with Gasteiger partial charge in [-0.15, -0.1) is 0 Å². The molecule has 1 saturated heterocycles. The summed E-state index contributed by atoms with van der Waals surface area (Å²) in [4.78, 5) is 25.5. The van der Waals surface area contributed by atoms with Crippen LogP contribution in [0.3, 0.4) is 0 Å². The number of piperazine rings is 1. The zero-order chi connectivity index (χ0) is 23.7. The summed E-state index contributed by atoms with van der Waals surface area (Å²) in [6.07, 6.45) is 0.795. The van der Waals surface area contributed by atoms with Gasteiger partial charge in [0.1, 0.15) is 0 Å². The quantitative estimate of drug-likeness (QED) is 0.648. The van der Waals surface area contributed by atoms with E-state index in [1.807, 2.05) is 0 Å². The molecular formula is C24H23F3N2O4. The van der Waals surface area contributed by atoms with E-state index < -0.39 is 35.2 Å². The summed E-state index contributed by atoms with van der Waals surface area (Å²) in [6, 6.07) is 8.23. The molecule has 2 bridgehead atoms. The van der Waals surface area contributed by atoms with Gasteiger partial charge in [0, 0.05) is 32.5 Å². The number of carboxylic acids is 1. The second-order valence-corrected chi connectivity index (χ2v) is 8.21. The topological polar surface area (TPSA) is 78.9 Å². The minimum atomic E-state index is -1.36. The molecule has 1 amide bonds. The maximum atomic E-state index is 13.7. The molecule has 0 aromatic heterocycles. The van der Waals surface area contributed by atoms with Gasteiger partial charge < -0.3 is 20.1 Å². The first kappa shape index (κ1) is 22.8. The van der Waals surface area contributed by atoms with Crippen molar-refractivity contribution in [2.75, 3.05) is 19.7 Å². The maximum absolute atomic E-state index is 13.7. The number of amides is 1. The van der Waals surface area contributed by atoms with Gasteiger partial charge in [-0.2, -0.15) is 4.39 Å². The molecule has 2 aromatic rings. The number of nitrogens with zero attached hydrogens (tertiary/aromatic N) is 1. The normalized spacial score (nSPS) is 20.1. The number of hydrogen-bond donors (Lipinski definition) is 2. The van der Waals surface area contributed by atoms with Gasteiger partial charge in [0.2, 0.25) is 11.7 Å². The van der Waals surface area contributed by atoms with Crippen molar-refractivity contribution in [3.8, 4) is 5.75 Å². The Hall–Kier alpha value is -3.33. The van der Waals surface area contributed by atoms with Crippen LogP contribution >= 0.6 is 0 Å². The highest BCUT2D eigenvalue weighted by molar-refractivity contribution is 5.98. The second-order valence-electron chi connectivity index (χ2n) is 8.21. The fourth-order valence-corrected chi connectivity index (χ4v) is 4.41. The number of aliphatic carboxylic acids is 1. The first-order valence-corrected chi connectivity index (χ1v) is 10.6. The number of rotatable bonds is 6. The third-order valence-corrected chi connectivity index (χ3v) is 6.02. The highest BCUT2D eigenvalue weighted by Crippen LogP contribution is 2.33. The van der Waals surface area contributed by atoms with Crippen LogP contribution in [0.5, 0.6) is 5.75 Å². The van der Waals surface area contributed by atoms with Gasteiger partial charge in [-0.3, -0.25) is 4.79 Å². The summed E-state index contributed by atoms with van der Waals surface area (Å²) in [5.74, 6) is -5.37. The molecule has 0 saturated carbocycles. The Bertz CT molecular complexity index is 1120. The third kappa shape index (κ3) is 4.73. The van der Waals surface area contributed by atoms with Crippen molar-refractivity contribution in [1.29, 1.82) is 0 Å². The molecule has 33 heavy (non-hydrogen) atoms. The van der Waals surface area contributed by atoms with E-state index in [0.29, 0.717) is 32.0 Å². The Morgan fingerprint density at radius 2 is 1.79 bits per heavy atom. The lowest BCUT2D eigenvalue weighted by molar-refractivity contribution is -0.135. The van der Waals surface area contributed by atoms with Crippen molar-refractivity contribution in [2.45, 2.75) is 31.8 Å². The van der Waals surface area contributed by atoms with Gasteiger partial charge in [-0.1, -0.05) is 24.3 Å². The van der Waals surface area contributed by atoms with Gasteiger partial charge in [-0.05, 0) is 35.3 Å². The molecule has 2 N–H and O–H groups in total. The van der Waals surface area contributed by atoms with E-state index in [2.05, 4.69) is 5.32 Å². The number of fused-ring (bicyclic) bond motifs is 2. The lowest BCUT2D eigenvalue weighted by Crippen LogP contribution is -2.61. The Kier molecular flexibility index (Phi) is 6.42. The van der Waals surface area contributed by atoms with E-state index in [1.54, 1.807) is 29.2 Å². The molecular weight excluding hydrogens is 437 g/mol. The number of benzene rings is 2. The first-order valence-electron chi connectivity index (χ1n) is 10.6. The van der Waals surface area contributed by atoms with Crippen LogP contribution in [0.15, 0.2) is 42.0 Å². The predicted molar refractivity (Wildman–Crippen MR) is 114 cm³/mol. The van der Waals surface area contributed by atoms with Crippen LogP contribution in [-0.4, -0.2) is 53.7 Å². The zero-order valence-electron chi connectivity index (χ0n) is 17.9. The lowest BCUT2D eigenvalue weighted by atomic mass is 9.83. The number of nitrogens with one attached hydrogen (secondary N) is 1. The molecule has 0 aliphatic carbocycles. The van der Waals surface area contributed by atoms with Crippen LogP contribution in [0.1, 0.15) is 24.5 Å². The van der Waals surface area contributed by atoms with Crippen LogP contribution < -0.4 is 10.1 Å². The zero-order valence-corrected chi connectivity index (χ0v) is 17.9. The molecule has 2 heterocycles. The highest BCUT2D eigenvalue weighted by Gasteiger charge is 2.39. The van der Waals surface area contributed by atoms with Crippen molar-refractivity contribution in [2.24, 2.45) is 0 Å². The van der Waals surface area contributed by atoms with Gasteiger partial charge in [-0.25, -0.2) is 13.6 Å². The SMILES string of the molecule is CC(=O)N1CC2CC(c3ccc(CCOc4c(F)ccc(F)c4F)cc3)=C(C(=O)O)C(C1)N2. The van der Waals surface area contributed by atoms with Crippen molar-refractivity contribution in [1.82, 2.24) is 10.2 Å². The molecule has 2 aliphatic heterocycles. The van der Waals surface area contributed by atoms with Crippen LogP contribution in [0.4, 0.5) is 13.2 Å². The Labute approximate surface area is 188 Å². The average Bonchev–Trinajstić information content (AvgIpc) is 2.78. The molecule has 6 nitrogen and oxygen atoms in total. The van der Waals surface area contributed by atoms with Gasteiger partial charge in [0.25, 0.3) is 0 Å². The molecule has 4 rings (SSSR count). The Morgan fingerprint density at radius 3 is 2.45 bits per heavy atom. The maximum Gasteiger partial charge on any atom is 0.333 e. The van der Waals surface area contributed by atoms with Crippen LogP contribution in [0.2, 0.25) is 0 Å². The molecule has 2 aliphatic rings. The first-order chi connectivity index (χ1) is 15.7. The smallest absolute Gasteiger partial charge is 0.333 e. The monoisotopic (exact) mass is 460 g/mol. The third-order valence-electron chi connectivity index (χ3n) is 6.02. The highest BCUT2D eigenvalue weighted by atomic mass is 19.2. The molecule has 0 spiro atoms. The number of ether oxygens (including phenoxy) is 1. The summed E-state index contributed by atoms with van der Waals surface area (Å²) in [5, 5.41) is 13.1. The summed E-state index contributed by atoms with van der Waals surface area (Å²) in [6.45, 7) is 2.24. The largest absolute Gasteiger partial charge is 0.487 e. The summed E-state index contributed by atoms with van der Waals surface area (Å²) >= 11 is 0. The molecule has 1 fully saturated rings. The standard InChI is InChI=1S/C24H23F3N2O4/c1-13(30)29-11-16-10-17(21(24(31)32)20(12-29)28-16)15-4-2-14(3-5-15)8-9-33-23-19(26)7-6-18(25)22(23)27/h2-7,16,20,28H,8-12H2,1H3,(H,31,32). The van der Waals surface area contributed by atoms with E-state index in [1.165, 1.54) is 6.92 Å². The number of carboxylic acid groups (broad SMARTS) is 1. The van der Waals surface area contributed by atoms with Crippen LogP contribution in [0, 0.1) is 17.5 Å². The molecule has 2 atom stereocenters. The number of halogens is 3. The Balaban J connectivity index is 1.48. The fourth-order valence-electron chi connectivity index (χ4n) is 4.41. The molecule has 9 heteroatoms. The van der Waals surface area contributed by atoms with E-state index >= 15 is 0 Å². The van der Waals surface area contributed by atoms with E-state index in [4.69, 9.17) is 4.74 Å².